The highest BCUT2D eigenvalue weighted by Crippen LogP contribution is 2.49. The molecule has 24 heavy (non-hydrogen) atoms. The Labute approximate surface area is 140 Å². The van der Waals surface area contributed by atoms with Gasteiger partial charge < -0.3 is 19.3 Å². The summed E-state index contributed by atoms with van der Waals surface area (Å²) in [6.45, 7) is 5.08. The zero-order valence-electron chi connectivity index (χ0n) is 14.1. The Bertz CT molecular complexity index is 779. The monoisotopic (exact) mass is 328 g/mol. The van der Waals surface area contributed by atoms with Crippen LogP contribution in [0.2, 0.25) is 0 Å². The molecule has 0 fully saturated rings. The minimum absolute atomic E-state index is 0.392. The molecular formula is C19H20O5. The minimum Gasteiger partial charge on any atom is -0.497 e. The topological polar surface area (TPSA) is 65.0 Å². The number of carbonyl (C=O) groups is 1. The number of hydrogen-bond donors (Lipinski definition) is 1. The van der Waals surface area contributed by atoms with Crippen LogP contribution in [0.1, 0.15) is 37.5 Å². The van der Waals surface area contributed by atoms with Crippen LogP contribution in [0.25, 0.3) is 0 Å². The zero-order valence-corrected chi connectivity index (χ0v) is 14.1. The van der Waals surface area contributed by atoms with Gasteiger partial charge in [0.05, 0.1) is 12.7 Å². The van der Waals surface area contributed by atoms with Gasteiger partial charge in [0.2, 0.25) is 5.79 Å². The summed E-state index contributed by atoms with van der Waals surface area (Å²) < 4.78 is 16.3. The number of hydrogen-bond acceptors (Lipinski definition) is 5. The Balaban J connectivity index is 2.08. The summed E-state index contributed by atoms with van der Waals surface area (Å²) in [7, 11) is 1.59. The van der Waals surface area contributed by atoms with Crippen molar-refractivity contribution >= 4 is 5.97 Å². The number of benzene rings is 2. The van der Waals surface area contributed by atoms with Crippen molar-refractivity contribution in [3.05, 3.63) is 59.2 Å². The third-order valence-electron chi connectivity index (χ3n) is 4.15. The third kappa shape index (κ3) is 2.66. The lowest BCUT2D eigenvalue weighted by atomic mass is 9.91. The van der Waals surface area contributed by atoms with Crippen molar-refractivity contribution in [2.45, 2.75) is 32.2 Å². The first-order valence-corrected chi connectivity index (χ1v) is 7.67. The van der Waals surface area contributed by atoms with Gasteiger partial charge in [0, 0.05) is 18.1 Å². The highest BCUT2D eigenvalue weighted by Gasteiger charge is 2.49. The number of rotatable bonds is 3. The molecule has 1 aliphatic rings. The zero-order chi connectivity index (χ0) is 17.5. The van der Waals surface area contributed by atoms with Crippen LogP contribution in [0.5, 0.6) is 11.5 Å². The molecule has 0 aliphatic carbocycles. The minimum atomic E-state index is -1.57. The van der Waals surface area contributed by atoms with Gasteiger partial charge in [-0.3, -0.25) is 4.79 Å². The van der Waals surface area contributed by atoms with Crippen molar-refractivity contribution in [1.82, 2.24) is 0 Å². The molecule has 0 bridgehead atoms. The summed E-state index contributed by atoms with van der Waals surface area (Å²) in [6.07, 6.45) is 0. The van der Waals surface area contributed by atoms with Crippen LogP contribution in [0.15, 0.2) is 42.5 Å². The van der Waals surface area contributed by atoms with E-state index in [0.29, 0.717) is 22.6 Å². The highest BCUT2D eigenvalue weighted by atomic mass is 16.6. The summed E-state index contributed by atoms with van der Waals surface area (Å²) in [5.74, 6) is -0.834. The van der Waals surface area contributed by atoms with E-state index in [1.165, 1.54) is 6.92 Å². The molecule has 2 aromatic carbocycles. The summed E-state index contributed by atoms with van der Waals surface area (Å²) in [4.78, 5) is 11.2. The fourth-order valence-electron chi connectivity index (χ4n) is 3.06. The normalized spacial score (nSPS) is 21.2. The second-order valence-corrected chi connectivity index (χ2v) is 6.29. The van der Waals surface area contributed by atoms with E-state index in [1.807, 2.05) is 13.8 Å². The number of esters is 1. The fraction of sp³-hybridized carbons (Fsp3) is 0.316. The third-order valence-corrected chi connectivity index (χ3v) is 4.15. The maximum atomic E-state index is 11.2. The predicted octanol–water partition coefficient (Wildman–Crippen LogP) is 3.08. The molecule has 3 rings (SSSR count). The van der Waals surface area contributed by atoms with Gasteiger partial charge in [0.1, 0.15) is 11.5 Å². The van der Waals surface area contributed by atoms with Crippen LogP contribution in [-0.2, 0) is 20.9 Å². The lowest BCUT2D eigenvalue weighted by molar-refractivity contribution is -0.222. The molecule has 0 amide bonds. The molecule has 0 radical (unpaired) electrons. The molecule has 0 spiro atoms. The first-order chi connectivity index (χ1) is 11.3. The van der Waals surface area contributed by atoms with Crippen molar-refractivity contribution in [3.63, 3.8) is 0 Å². The first-order valence-electron chi connectivity index (χ1n) is 7.67. The van der Waals surface area contributed by atoms with E-state index in [4.69, 9.17) is 14.2 Å². The van der Waals surface area contributed by atoms with Gasteiger partial charge in [-0.2, -0.15) is 0 Å². The van der Waals surface area contributed by atoms with E-state index in [2.05, 4.69) is 0 Å². The molecule has 1 heterocycles. The lowest BCUT2D eigenvalue weighted by Crippen LogP contribution is -2.30. The number of aliphatic hydroxyl groups is 1. The van der Waals surface area contributed by atoms with Crippen molar-refractivity contribution in [1.29, 1.82) is 0 Å². The Morgan fingerprint density at radius 2 is 1.67 bits per heavy atom. The fourth-order valence-corrected chi connectivity index (χ4v) is 3.06. The summed E-state index contributed by atoms with van der Waals surface area (Å²) >= 11 is 0. The molecule has 5 heteroatoms. The summed E-state index contributed by atoms with van der Waals surface area (Å²) in [6, 6.07) is 12.2. The molecular weight excluding hydrogens is 308 g/mol. The van der Waals surface area contributed by atoms with Crippen LogP contribution in [0, 0.1) is 0 Å². The molecule has 1 atom stereocenters. The molecule has 0 saturated carbocycles. The van der Waals surface area contributed by atoms with Crippen LogP contribution in [0.4, 0.5) is 0 Å². The molecule has 2 aromatic rings. The van der Waals surface area contributed by atoms with Crippen LogP contribution in [0.3, 0.4) is 0 Å². The van der Waals surface area contributed by atoms with E-state index in [1.54, 1.807) is 49.6 Å². The van der Waals surface area contributed by atoms with E-state index < -0.39 is 17.4 Å². The van der Waals surface area contributed by atoms with Crippen molar-refractivity contribution in [2.24, 2.45) is 0 Å². The molecule has 126 valence electrons. The maximum Gasteiger partial charge on any atom is 0.308 e. The first kappa shape index (κ1) is 16.5. The molecule has 0 aromatic heterocycles. The number of ether oxygens (including phenoxy) is 3. The molecule has 1 unspecified atom stereocenters. The highest BCUT2D eigenvalue weighted by molar-refractivity contribution is 5.69. The Kier molecular flexibility index (Phi) is 3.86. The van der Waals surface area contributed by atoms with E-state index >= 15 is 0 Å². The summed E-state index contributed by atoms with van der Waals surface area (Å²) in [5, 5.41) is 11.2. The Morgan fingerprint density at radius 3 is 2.25 bits per heavy atom. The maximum absolute atomic E-state index is 11.2. The van der Waals surface area contributed by atoms with E-state index in [0.717, 1.165) is 5.56 Å². The second-order valence-electron chi connectivity index (χ2n) is 6.29. The number of fused-ring (bicyclic) bond motifs is 1. The number of methoxy groups -OCH3 is 1. The van der Waals surface area contributed by atoms with E-state index in [-0.39, 0.29) is 0 Å². The second kappa shape index (κ2) is 5.61. The molecule has 1 N–H and O–H groups in total. The lowest BCUT2D eigenvalue weighted by Gasteiger charge is -2.27. The van der Waals surface area contributed by atoms with Crippen molar-refractivity contribution < 1.29 is 24.1 Å². The van der Waals surface area contributed by atoms with E-state index in [9.17, 15) is 9.90 Å². The van der Waals surface area contributed by atoms with Gasteiger partial charge in [0.25, 0.3) is 0 Å². The van der Waals surface area contributed by atoms with Crippen molar-refractivity contribution in [2.75, 3.05) is 7.11 Å². The Morgan fingerprint density at radius 1 is 1.04 bits per heavy atom. The van der Waals surface area contributed by atoms with Crippen molar-refractivity contribution in [3.8, 4) is 11.5 Å². The SMILES string of the molecule is COc1ccc(C2(O)OC(C)(C)c3cc(OC(C)=O)ccc32)cc1. The van der Waals surface area contributed by atoms with Gasteiger partial charge in [-0.15, -0.1) is 0 Å². The largest absolute Gasteiger partial charge is 0.497 e. The average molecular weight is 328 g/mol. The average Bonchev–Trinajstić information content (AvgIpc) is 2.74. The van der Waals surface area contributed by atoms with Gasteiger partial charge in [-0.1, -0.05) is 0 Å². The van der Waals surface area contributed by atoms with Gasteiger partial charge in [-0.05, 0) is 61.9 Å². The van der Waals surface area contributed by atoms with Gasteiger partial charge in [0.15, 0.2) is 0 Å². The quantitative estimate of drug-likeness (QED) is 0.693. The smallest absolute Gasteiger partial charge is 0.308 e. The van der Waals surface area contributed by atoms with Crippen LogP contribution >= 0.6 is 0 Å². The number of carbonyl (C=O) groups excluding carboxylic acids is 1. The predicted molar refractivity (Wildman–Crippen MR) is 87.9 cm³/mol. The van der Waals surface area contributed by atoms with Gasteiger partial charge >= 0.3 is 5.97 Å². The standard InChI is InChI=1S/C19H20O5/c1-12(20)23-15-9-10-16-17(11-15)18(2,3)24-19(16,21)13-5-7-14(22-4)8-6-13/h5-11,21H,1-4H3. The van der Waals surface area contributed by atoms with Crippen LogP contribution in [-0.4, -0.2) is 18.2 Å². The van der Waals surface area contributed by atoms with Gasteiger partial charge in [-0.25, -0.2) is 0 Å². The molecule has 5 nitrogen and oxygen atoms in total. The molecule has 0 saturated heterocycles. The van der Waals surface area contributed by atoms with Crippen LogP contribution < -0.4 is 9.47 Å². The Hall–Kier alpha value is -2.37. The molecule has 1 aliphatic heterocycles. The summed E-state index contributed by atoms with van der Waals surface area (Å²) in [5.41, 5.74) is 1.28.